The maximum atomic E-state index is 10.9. The van der Waals surface area contributed by atoms with Crippen molar-refractivity contribution in [2.45, 2.75) is 6.42 Å². The number of anilines is 1. The summed E-state index contributed by atoms with van der Waals surface area (Å²) in [4.78, 5) is 14.5. The molecular weight excluding hydrogens is 234 g/mol. The van der Waals surface area contributed by atoms with Crippen LogP contribution in [0.2, 0.25) is 0 Å². The molecule has 1 heterocycles. The summed E-state index contributed by atoms with van der Waals surface area (Å²) in [6.45, 7) is 0.717. The van der Waals surface area contributed by atoms with Crippen LogP contribution in [0.25, 0.3) is 10.9 Å². The normalized spacial score (nSPS) is 10.5. The smallest absolute Gasteiger partial charge is 0.295 e. The van der Waals surface area contributed by atoms with Gasteiger partial charge >= 0.3 is 0 Å². The Bertz CT molecular complexity index is 571. The molecular formula is C12H13N3O3. The van der Waals surface area contributed by atoms with Crippen LogP contribution in [-0.4, -0.2) is 28.2 Å². The largest absolute Gasteiger partial charge is 0.396 e. The number of aromatic nitrogens is 1. The monoisotopic (exact) mass is 247 g/mol. The fraction of sp³-hybridized carbons (Fsp3) is 0.250. The second-order valence-electron chi connectivity index (χ2n) is 3.79. The lowest BCUT2D eigenvalue weighted by atomic mass is 10.1. The van der Waals surface area contributed by atoms with E-state index in [0.717, 1.165) is 5.69 Å². The number of rotatable bonds is 5. The van der Waals surface area contributed by atoms with E-state index in [2.05, 4.69) is 10.3 Å². The van der Waals surface area contributed by atoms with Crippen molar-refractivity contribution >= 4 is 22.3 Å². The van der Waals surface area contributed by atoms with Gasteiger partial charge in [0, 0.05) is 36.5 Å². The Morgan fingerprint density at radius 2 is 2.22 bits per heavy atom. The van der Waals surface area contributed by atoms with E-state index in [1.165, 1.54) is 12.3 Å². The molecule has 2 aromatic rings. The molecule has 0 fully saturated rings. The molecule has 6 nitrogen and oxygen atoms in total. The predicted molar refractivity (Wildman–Crippen MR) is 68.6 cm³/mol. The van der Waals surface area contributed by atoms with Gasteiger partial charge in [0.15, 0.2) is 0 Å². The number of hydrogen-bond acceptors (Lipinski definition) is 5. The van der Waals surface area contributed by atoms with Gasteiger partial charge in [0.25, 0.3) is 5.69 Å². The van der Waals surface area contributed by atoms with Crippen LogP contribution in [-0.2, 0) is 0 Å². The molecule has 2 rings (SSSR count). The number of aliphatic hydroxyl groups excluding tert-OH is 1. The van der Waals surface area contributed by atoms with Crippen molar-refractivity contribution in [2.24, 2.45) is 0 Å². The molecule has 0 spiro atoms. The van der Waals surface area contributed by atoms with Gasteiger partial charge in [-0.25, -0.2) is 4.98 Å². The third kappa shape index (κ3) is 2.38. The third-order valence-corrected chi connectivity index (χ3v) is 2.60. The molecule has 0 bridgehead atoms. The number of nitro groups is 1. The van der Waals surface area contributed by atoms with Crippen molar-refractivity contribution < 1.29 is 10.0 Å². The van der Waals surface area contributed by atoms with Crippen LogP contribution in [0.15, 0.2) is 30.5 Å². The lowest BCUT2D eigenvalue weighted by molar-refractivity contribution is -0.383. The minimum atomic E-state index is -0.438. The molecule has 0 saturated heterocycles. The minimum Gasteiger partial charge on any atom is -0.396 e. The molecule has 6 heteroatoms. The average molecular weight is 247 g/mol. The molecule has 2 N–H and O–H groups in total. The van der Waals surface area contributed by atoms with Crippen LogP contribution in [0.4, 0.5) is 11.4 Å². The zero-order valence-corrected chi connectivity index (χ0v) is 9.67. The zero-order chi connectivity index (χ0) is 13.0. The van der Waals surface area contributed by atoms with Gasteiger partial charge in [-0.05, 0) is 12.5 Å². The first kappa shape index (κ1) is 12.3. The van der Waals surface area contributed by atoms with Crippen molar-refractivity contribution in [3.05, 3.63) is 40.6 Å². The van der Waals surface area contributed by atoms with Crippen LogP contribution in [0, 0.1) is 10.1 Å². The number of nitro benzene ring substituents is 1. The highest BCUT2D eigenvalue weighted by molar-refractivity contribution is 5.96. The number of benzene rings is 1. The van der Waals surface area contributed by atoms with Crippen LogP contribution >= 0.6 is 0 Å². The molecule has 18 heavy (non-hydrogen) atoms. The minimum absolute atomic E-state index is 0.00157. The van der Waals surface area contributed by atoms with E-state index in [-0.39, 0.29) is 12.3 Å². The van der Waals surface area contributed by atoms with Crippen LogP contribution in [0.5, 0.6) is 0 Å². The lowest BCUT2D eigenvalue weighted by Gasteiger charge is -2.08. The number of fused-ring (bicyclic) bond motifs is 1. The molecule has 0 aliphatic carbocycles. The molecule has 0 radical (unpaired) electrons. The first-order valence-electron chi connectivity index (χ1n) is 5.61. The Balaban J connectivity index is 2.43. The first-order chi connectivity index (χ1) is 8.74. The highest BCUT2D eigenvalue weighted by Crippen LogP contribution is 2.28. The van der Waals surface area contributed by atoms with Crippen LogP contribution in [0.3, 0.4) is 0 Å². The summed E-state index contributed by atoms with van der Waals surface area (Å²) >= 11 is 0. The summed E-state index contributed by atoms with van der Waals surface area (Å²) < 4.78 is 0. The van der Waals surface area contributed by atoms with Gasteiger partial charge < -0.3 is 10.4 Å². The van der Waals surface area contributed by atoms with Crippen molar-refractivity contribution in [3.8, 4) is 0 Å². The summed E-state index contributed by atoms with van der Waals surface area (Å²) in [7, 11) is 0. The van der Waals surface area contributed by atoms with Crippen molar-refractivity contribution in [1.29, 1.82) is 0 Å². The maximum Gasteiger partial charge on any atom is 0.295 e. The standard InChI is InChI=1S/C12H13N3O3/c16-8-2-6-13-10-5-7-14-12-9(10)3-1-4-11(12)15(17)18/h1,3-5,7,16H,2,6,8H2,(H,13,14). The van der Waals surface area contributed by atoms with Gasteiger partial charge in [0.1, 0.15) is 5.52 Å². The quantitative estimate of drug-likeness (QED) is 0.479. The first-order valence-corrected chi connectivity index (χ1v) is 5.61. The van der Waals surface area contributed by atoms with Gasteiger partial charge in [-0.2, -0.15) is 0 Å². The number of hydrogen-bond donors (Lipinski definition) is 2. The second-order valence-corrected chi connectivity index (χ2v) is 3.79. The van der Waals surface area contributed by atoms with Crippen molar-refractivity contribution in [3.63, 3.8) is 0 Å². The molecule has 0 atom stereocenters. The number of nitrogens with zero attached hydrogens (tertiary/aromatic N) is 2. The number of aliphatic hydroxyl groups is 1. The van der Waals surface area contributed by atoms with Crippen molar-refractivity contribution in [1.82, 2.24) is 4.98 Å². The molecule has 0 aliphatic rings. The predicted octanol–water partition coefficient (Wildman–Crippen LogP) is 1.94. The summed E-state index contributed by atoms with van der Waals surface area (Å²) in [5, 5.41) is 23.5. The topological polar surface area (TPSA) is 88.3 Å². The Kier molecular flexibility index (Phi) is 3.69. The SMILES string of the molecule is O=[N+]([O-])c1cccc2c(NCCCO)ccnc12. The molecule has 0 unspecified atom stereocenters. The van der Waals surface area contributed by atoms with Gasteiger partial charge in [0.2, 0.25) is 0 Å². The summed E-state index contributed by atoms with van der Waals surface area (Å²) in [5.74, 6) is 0. The van der Waals surface area contributed by atoms with E-state index in [9.17, 15) is 10.1 Å². The van der Waals surface area contributed by atoms with E-state index in [1.807, 2.05) is 0 Å². The Morgan fingerprint density at radius 3 is 2.94 bits per heavy atom. The number of non-ortho nitro benzene ring substituents is 1. The van der Waals surface area contributed by atoms with Gasteiger partial charge in [-0.3, -0.25) is 10.1 Å². The average Bonchev–Trinajstić information content (AvgIpc) is 2.38. The zero-order valence-electron chi connectivity index (χ0n) is 9.67. The Labute approximate surface area is 103 Å². The van der Waals surface area contributed by atoms with E-state index in [4.69, 9.17) is 5.11 Å². The van der Waals surface area contributed by atoms with E-state index in [1.54, 1.807) is 18.2 Å². The van der Waals surface area contributed by atoms with Crippen LogP contribution in [0.1, 0.15) is 6.42 Å². The highest BCUT2D eigenvalue weighted by Gasteiger charge is 2.13. The van der Waals surface area contributed by atoms with Gasteiger partial charge in [0.05, 0.1) is 4.92 Å². The van der Waals surface area contributed by atoms with Gasteiger partial charge in [-0.15, -0.1) is 0 Å². The van der Waals surface area contributed by atoms with E-state index in [0.29, 0.717) is 23.9 Å². The molecule has 0 aliphatic heterocycles. The molecule has 94 valence electrons. The molecule has 1 aromatic carbocycles. The van der Waals surface area contributed by atoms with Gasteiger partial charge in [-0.1, -0.05) is 12.1 Å². The number of pyridine rings is 1. The number of nitrogens with one attached hydrogen (secondary N) is 1. The maximum absolute atomic E-state index is 10.9. The molecule has 0 amide bonds. The van der Waals surface area contributed by atoms with E-state index >= 15 is 0 Å². The lowest BCUT2D eigenvalue weighted by Crippen LogP contribution is -2.04. The fourth-order valence-corrected chi connectivity index (χ4v) is 1.76. The molecule has 0 saturated carbocycles. The molecule has 1 aromatic heterocycles. The van der Waals surface area contributed by atoms with Crippen LogP contribution < -0.4 is 5.32 Å². The summed E-state index contributed by atoms with van der Waals surface area (Å²) in [5.41, 5.74) is 1.16. The fourth-order valence-electron chi connectivity index (χ4n) is 1.76. The van der Waals surface area contributed by atoms with Crippen molar-refractivity contribution in [2.75, 3.05) is 18.5 Å². The third-order valence-electron chi connectivity index (χ3n) is 2.60. The summed E-state index contributed by atoms with van der Waals surface area (Å²) in [6, 6.07) is 6.63. The second kappa shape index (κ2) is 5.42. The highest BCUT2D eigenvalue weighted by atomic mass is 16.6. The summed E-state index contributed by atoms with van der Waals surface area (Å²) in [6.07, 6.45) is 2.16. The Morgan fingerprint density at radius 1 is 1.39 bits per heavy atom. The Hall–Kier alpha value is -2.21. The van der Waals surface area contributed by atoms with E-state index < -0.39 is 4.92 Å². The number of para-hydroxylation sites is 1.